The fraction of sp³-hybridized carbons (Fsp3) is 0.208. The zero-order chi connectivity index (χ0) is 23.3. The van der Waals surface area contributed by atoms with E-state index in [1.807, 2.05) is 12.1 Å². The van der Waals surface area contributed by atoms with Crippen molar-refractivity contribution in [3.05, 3.63) is 89.2 Å². The Morgan fingerprint density at radius 1 is 1.03 bits per heavy atom. The smallest absolute Gasteiger partial charge is 0.255 e. The summed E-state index contributed by atoms with van der Waals surface area (Å²) in [6.45, 7) is 4.04. The summed E-state index contributed by atoms with van der Waals surface area (Å²) in [6, 6.07) is 17.5. The molecule has 0 fully saturated rings. The Balaban J connectivity index is 1.78. The van der Waals surface area contributed by atoms with Crippen molar-refractivity contribution in [1.82, 2.24) is 4.72 Å². The molecule has 168 valence electrons. The van der Waals surface area contributed by atoms with Crippen LogP contribution in [0.25, 0.3) is 0 Å². The molecule has 0 aliphatic rings. The molecule has 0 aliphatic carbocycles. The minimum atomic E-state index is -4.22. The van der Waals surface area contributed by atoms with E-state index < -0.39 is 26.6 Å². The topological polar surface area (TPSA) is 84.5 Å². The Hall–Kier alpha value is -3.23. The second-order valence-electron chi connectivity index (χ2n) is 7.51. The molecule has 2 N–H and O–H groups in total. The number of anilines is 1. The van der Waals surface area contributed by atoms with E-state index in [1.54, 1.807) is 36.4 Å². The van der Waals surface area contributed by atoms with Crippen LogP contribution in [-0.2, 0) is 16.6 Å². The molecule has 0 saturated carbocycles. The Morgan fingerprint density at radius 2 is 1.72 bits per heavy atom. The number of para-hydroxylation sites is 1. The maximum atomic E-state index is 14.4. The highest BCUT2D eigenvalue weighted by Gasteiger charge is 2.22. The molecular weight excluding hydrogens is 431 g/mol. The standard InChI is InChI=1S/C24H25FN2O4S/c1-16(2)17-8-11-20(12-9-17)27-24(28)18-10-13-21(25)23(14-18)32(29,30)26-15-19-6-4-5-7-22(19)31-3/h4-14,16,26H,15H2,1-3H3,(H,27,28). The molecule has 0 spiro atoms. The van der Waals surface area contributed by atoms with Gasteiger partial charge in [0.1, 0.15) is 16.5 Å². The van der Waals surface area contributed by atoms with Crippen molar-refractivity contribution in [2.75, 3.05) is 12.4 Å². The normalized spacial score (nSPS) is 11.4. The van der Waals surface area contributed by atoms with Gasteiger partial charge in [0, 0.05) is 23.4 Å². The SMILES string of the molecule is COc1ccccc1CNS(=O)(=O)c1cc(C(=O)Nc2ccc(C(C)C)cc2)ccc1F. The lowest BCUT2D eigenvalue weighted by Crippen LogP contribution is -2.25. The van der Waals surface area contributed by atoms with Crippen LogP contribution in [0.5, 0.6) is 5.75 Å². The van der Waals surface area contributed by atoms with Gasteiger partial charge in [-0.05, 0) is 47.9 Å². The van der Waals surface area contributed by atoms with Crippen LogP contribution in [0.3, 0.4) is 0 Å². The molecule has 3 aromatic carbocycles. The number of carbonyl (C=O) groups is 1. The van der Waals surface area contributed by atoms with Crippen LogP contribution in [0.1, 0.15) is 41.3 Å². The Labute approximate surface area is 187 Å². The molecule has 32 heavy (non-hydrogen) atoms. The lowest BCUT2D eigenvalue weighted by molar-refractivity contribution is 0.102. The highest BCUT2D eigenvalue weighted by atomic mass is 32.2. The predicted molar refractivity (Wildman–Crippen MR) is 122 cm³/mol. The third-order valence-electron chi connectivity index (χ3n) is 4.96. The molecule has 0 heterocycles. The molecule has 6 nitrogen and oxygen atoms in total. The third kappa shape index (κ3) is 5.52. The number of nitrogens with one attached hydrogen (secondary N) is 2. The van der Waals surface area contributed by atoms with E-state index in [0.29, 0.717) is 22.9 Å². The number of methoxy groups -OCH3 is 1. The molecule has 0 aliphatic heterocycles. The molecule has 0 unspecified atom stereocenters. The molecule has 0 aromatic heterocycles. The summed E-state index contributed by atoms with van der Waals surface area (Å²) < 4.78 is 47.4. The van der Waals surface area contributed by atoms with Gasteiger partial charge in [0.15, 0.2) is 0 Å². The van der Waals surface area contributed by atoms with Crippen molar-refractivity contribution in [2.24, 2.45) is 0 Å². The summed E-state index contributed by atoms with van der Waals surface area (Å²) in [5, 5.41) is 2.70. The summed E-state index contributed by atoms with van der Waals surface area (Å²) in [7, 11) is -2.74. The fourth-order valence-electron chi connectivity index (χ4n) is 3.10. The monoisotopic (exact) mass is 456 g/mol. The van der Waals surface area contributed by atoms with E-state index in [1.165, 1.54) is 13.2 Å². The first-order valence-electron chi connectivity index (χ1n) is 10.0. The predicted octanol–water partition coefficient (Wildman–Crippen LogP) is 4.69. The number of hydrogen-bond donors (Lipinski definition) is 2. The van der Waals surface area contributed by atoms with E-state index in [2.05, 4.69) is 23.9 Å². The van der Waals surface area contributed by atoms with Gasteiger partial charge in [-0.25, -0.2) is 17.5 Å². The van der Waals surface area contributed by atoms with E-state index >= 15 is 0 Å². The third-order valence-corrected chi connectivity index (χ3v) is 6.38. The number of benzene rings is 3. The highest BCUT2D eigenvalue weighted by molar-refractivity contribution is 7.89. The second-order valence-corrected chi connectivity index (χ2v) is 9.25. The average Bonchev–Trinajstić information content (AvgIpc) is 2.78. The molecule has 0 atom stereocenters. The van der Waals surface area contributed by atoms with Gasteiger partial charge in [-0.1, -0.05) is 44.2 Å². The summed E-state index contributed by atoms with van der Waals surface area (Å²) in [4.78, 5) is 12.0. The molecule has 1 amide bonds. The van der Waals surface area contributed by atoms with Crippen molar-refractivity contribution in [2.45, 2.75) is 31.2 Å². The number of rotatable bonds is 8. The zero-order valence-electron chi connectivity index (χ0n) is 18.1. The second kappa shape index (κ2) is 9.93. The maximum Gasteiger partial charge on any atom is 0.255 e. The zero-order valence-corrected chi connectivity index (χ0v) is 18.9. The van der Waals surface area contributed by atoms with Crippen LogP contribution >= 0.6 is 0 Å². The van der Waals surface area contributed by atoms with Crippen LogP contribution in [0.15, 0.2) is 71.6 Å². The van der Waals surface area contributed by atoms with E-state index in [4.69, 9.17) is 4.74 Å². The van der Waals surface area contributed by atoms with Gasteiger partial charge in [-0.3, -0.25) is 4.79 Å². The number of ether oxygens (including phenoxy) is 1. The number of halogens is 1. The van der Waals surface area contributed by atoms with Gasteiger partial charge >= 0.3 is 0 Å². The van der Waals surface area contributed by atoms with Crippen LogP contribution in [0.2, 0.25) is 0 Å². The summed E-state index contributed by atoms with van der Waals surface area (Å²) >= 11 is 0. The Morgan fingerprint density at radius 3 is 2.38 bits per heavy atom. The summed E-state index contributed by atoms with van der Waals surface area (Å²) in [5.41, 5.74) is 2.30. The average molecular weight is 457 g/mol. The molecule has 3 aromatic rings. The minimum absolute atomic E-state index is 0.0250. The Kier molecular flexibility index (Phi) is 7.27. The lowest BCUT2D eigenvalue weighted by Gasteiger charge is -2.12. The molecule has 0 saturated heterocycles. The van der Waals surface area contributed by atoms with Crippen molar-refractivity contribution in [3.63, 3.8) is 0 Å². The Bertz CT molecular complexity index is 1210. The maximum absolute atomic E-state index is 14.4. The molecule has 0 bridgehead atoms. The van der Waals surface area contributed by atoms with E-state index in [9.17, 15) is 17.6 Å². The largest absolute Gasteiger partial charge is 0.496 e. The van der Waals surface area contributed by atoms with Gasteiger partial charge in [0.2, 0.25) is 10.0 Å². The van der Waals surface area contributed by atoms with E-state index in [0.717, 1.165) is 17.7 Å². The van der Waals surface area contributed by atoms with Crippen LogP contribution in [0, 0.1) is 5.82 Å². The molecule has 3 rings (SSSR count). The van der Waals surface area contributed by atoms with Crippen molar-refractivity contribution in [1.29, 1.82) is 0 Å². The van der Waals surface area contributed by atoms with Gasteiger partial charge in [-0.2, -0.15) is 0 Å². The molecule has 0 radical (unpaired) electrons. The number of sulfonamides is 1. The quantitative estimate of drug-likeness (QED) is 0.515. The lowest BCUT2D eigenvalue weighted by atomic mass is 10.0. The molecular formula is C24H25FN2O4S. The summed E-state index contributed by atoms with van der Waals surface area (Å²) in [6.07, 6.45) is 0. The van der Waals surface area contributed by atoms with E-state index in [-0.39, 0.29) is 12.1 Å². The van der Waals surface area contributed by atoms with Gasteiger partial charge in [0.25, 0.3) is 5.91 Å². The van der Waals surface area contributed by atoms with Crippen LogP contribution in [0.4, 0.5) is 10.1 Å². The van der Waals surface area contributed by atoms with Gasteiger partial charge in [-0.15, -0.1) is 0 Å². The van der Waals surface area contributed by atoms with Crippen LogP contribution < -0.4 is 14.8 Å². The van der Waals surface area contributed by atoms with Crippen molar-refractivity contribution < 1.29 is 22.3 Å². The van der Waals surface area contributed by atoms with Crippen LogP contribution in [-0.4, -0.2) is 21.4 Å². The van der Waals surface area contributed by atoms with Gasteiger partial charge in [0.05, 0.1) is 7.11 Å². The van der Waals surface area contributed by atoms with Crippen molar-refractivity contribution in [3.8, 4) is 5.75 Å². The number of carbonyl (C=O) groups excluding carboxylic acids is 1. The number of hydrogen-bond acceptors (Lipinski definition) is 4. The molecule has 8 heteroatoms. The summed E-state index contributed by atoms with van der Waals surface area (Å²) in [5.74, 6) is -0.626. The highest BCUT2D eigenvalue weighted by Crippen LogP contribution is 2.22. The van der Waals surface area contributed by atoms with Crippen molar-refractivity contribution >= 4 is 21.6 Å². The van der Waals surface area contributed by atoms with Gasteiger partial charge < -0.3 is 10.1 Å². The number of amides is 1. The fourth-order valence-corrected chi connectivity index (χ4v) is 4.21. The first-order valence-corrected chi connectivity index (χ1v) is 11.5. The first-order chi connectivity index (χ1) is 15.2. The first kappa shape index (κ1) is 23.4. The minimum Gasteiger partial charge on any atom is -0.496 e.